The molecule has 0 unspecified atom stereocenters. The maximum Gasteiger partial charge on any atom is 0.0837 e. The first-order valence-electron chi connectivity index (χ1n) is 7.92. The normalized spacial score (nSPS) is 11.0. The molecule has 1 radical (unpaired) electrons. The lowest BCUT2D eigenvalue weighted by atomic mass is 10.1. The molecule has 0 rings (SSSR count). The quantitative estimate of drug-likeness (QED) is 0.379. The van der Waals surface area contributed by atoms with E-state index in [-0.39, 0.29) is 0 Å². The van der Waals surface area contributed by atoms with Crippen molar-refractivity contribution in [1.82, 2.24) is 0 Å². The third kappa shape index (κ3) is 15.9. The van der Waals surface area contributed by atoms with Gasteiger partial charge in [0.25, 0.3) is 0 Å². The molecule has 0 saturated carbocycles. The van der Waals surface area contributed by atoms with Gasteiger partial charge in [-0.2, -0.15) is 0 Å². The number of unbranched alkanes of at least 4 members (excludes halogenated alkanes) is 9. The number of hydrogen-bond donors (Lipinski definition) is 0. The van der Waals surface area contributed by atoms with E-state index >= 15 is 0 Å². The maximum atomic E-state index is 5.36. The molecule has 18 heavy (non-hydrogen) atoms. The smallest absolute Gasteiger partial charge is 0.0837 e. The van der Waals surface area contributed by atoms with Crippen molar-refractivity contribution in [1.29, 1.82) is 0 Å². The number of hydrogen-bond acceptors (Lipinski definition) is 2. The molecule has 0 aliphatic carbocycles. The summed E-state index contributed by atoms with van der Waals surface area (Å²) in [5.74, 6) is 0. The zero-order chi connectivity index (χ0) is 13.3. The molecule has 0 aromatic carbocycles. The molecule has 0 heterocycles. The molecule has 109 valence electrons. The van der Waals surface area contributed by atoms with Crippen LogP contribution >= 0.6 is 0 Å². The van der Waals surface area contributed by atoms with Gasteiger partial charge < -0.3 is 9.47 Å². The van der Waals surface area contributed by atoms with Crippen LogP contribution in [-0.2, 0) is 9.47 Å². The molecule has 0 amide bonds. The monoisotopic (exact) mass is 257 g/mol. The zero-order valence-electron chi connectivity index (χ0n) is 12.6. The highest BCUT2D eigenvalue weighted by molar-refractivity contribution is 4.53. The van der Waals surface area contributed by atoms with E-state index in [1.165, 1.54) is 57.8 Å². The zero-order valence-corrected chi connectivity index (χ0v) is 12.6. The standard InChI is InChI=1S/C16H33O2/c1-3-5-6-7-8-9-10-11-12-13-14-18-16-15-17-4-2/h14H,3-13,15-16H2,1-2H3. The van der Waals surface area contributed by atoms with Crippen LogP contribution < -0.4 is 0 Å². The van der Waals surface area contributed by atoms with Crippen LogP contribution in [0.4, 0.5) is 0 Å². The van der Waals surface area contributed by atoms with E-state index in [0.717, 1.165) is 13.0 Å². The van der Waals surface area contributed by atoms with E-state index in [4.69, 9.17) is 9.47 Å². The van der Waals surface area contributed by atoms with Crippen molar-refractivity contribution in [2.75, 3.05) is 19.8 Å². The summed E-state index contributed by atoms with van der Waals surface area (Å²) in [5, 5.41) is 0. The summed E-state index contributed by atoms with van der Waals surface area (Å²) in [5.41, 5.74) is 0. The van der Waals surface area contributed by atoms with Crippen molar-refractivity contribution in [2.45, 2.75) is 78.1 Å². The number of rotatable bonds is 15. The molecular formula is C16H33O2. The Morgan fingerprint density at radius 2 is 1.33 bits per heavy atom. The predicted molar refractivity (Wildman–Crippen MR) is 78.6 cm³/mol. The van der Waals surface area contributed by atoms with Crippen LogP contribution in [0.15, 0.2) is 0 Å². The second-order valence-corrected chi connectivity index (χ2v) is 4.85. The molecule has 0 aromatic rings. The third-order valence-corrected chi connectivity index (χ3v) is 3.09. The second kappa shape index (κ2) is 16.9. The lowest BCUT2D eigenvalue weighted by Crippen LogP contribution is -2.02. The third-order valence-electron chi connectivity index (χ3n) is 3.09. The van der Waals surface area contributed by atoms with E-state index in [0.29, 0.717) is 13.2 Å². The first kappa shape index (κ1) is 17.9. The molecular weight excluding hydrogens is 224 g/mol. The number of ether oxygens (including phenoxy) is 2. The van der Waals surface area contributed by atoms with E-state index in [9.17, 15) is 0 Å². The minimum atomic E-state index is 0.700. The molecule has 2 nitrogen and oxygen atoms in total. The Morgan fingerprint density at radius 1 is 0.722 bits per heavy atom. The van der Waals surface area contributed by atoms with Gasteiger partial charge in [0.15, 0.2) is 0 Å². The largest absolute Gasteiger partial charge is 0.379 e. The first-order chi connectivity index (χ1) is 8.91. The Kier molecular flexibility index (Phi) is 16.8. The summed E-state index contributed by atoms with van der Waals surface area (Å²) in [6, 6.07) is 0. The van der Waals surface area contributed by atoms with Gasteiger partial charge in [-0.3, -0.25) is 0 Å². The van der Waals surface area contributed by atoms with Crippen LogP contribution in [0.5, 0.6) is 0 Å². The molecule has 0 bridgehead atoms. The van der Waals surface area contributed by atoms with E-state index in [1.54, 1.807) is 0 Å². The molecule has 0 saturated heterocycles. The summed E-state index contributed by atoms with van der Waals surface area (Å²) >= 11 is 0. The Balaban J connectivity index is 2.86. The highest BCUT2D eigenvalue weighted by atomic mass is 16.5. The lowest BCUT2D eigenvalue weighted by molar-refractivity contribution is 0.0764. The summed E-state index contributed by atoms with van der Waals surface area (Å²) < 4.78 is 10.5. The van der Waals surface area contributed by atoms with Gasteiger partial charge in [-0.05, 0) is 13.3 Å². The van der Waals surface area contributed by atoms with Crippen LogP contribution in [0, 0.1) is 6.61 Å². The van der Waals surface area contributed by atoms with Gasteiger partial charge in [0.05, 0.1) is 19.8 Å². The molecule has 0 N–H and O–H groups in total. The molecule has 0 aromatic heterocycles. The highest BCUT2D eigenvalue weighted by Crippen LogP contribution is 2.11. The van der Waals surface area contributed by atoms with Crippen LogP contribution in [-0.4, -0.2) is 19.8 Å². The summed E-state index contributed by atoms with van der Waals surface area (Å²) in [6.45, 7) is 8.41. The van der Waals surface area contributed by atoms with Crippen LogP contribution in [0.1, 0.15) is 78.1 Å². The molecule has 0 spiro atoms. The average molecular weight is 257 g/mol. The van der Waals surface area contributed by atoms with Crippen LogP contribution in [0.3, 0.4) is 0 Å². The van der Waals surface area contributed by atoms with E-state index in [1.807, 2.05) is 13.5 Å². The average Bonchev–Trinajstić information content (AvgIpc) is 2.39. The fourth-order valence-electron chi connectivity index (χ4n) is 1.96. The molecule has 0 atom stereocenters. The second-order valence-electron chi connectivity index (χ2n) is 4.85. The molecule has 0 fully saturated rings. The summed E-state index contributed by atoms with van der Waals surface area (Å²) in [7, 11) is 0. The van der Waals surface area contributed by atoms with Gasteiger partial charge >= 0.3 is 0 Å². The van der Waals surface area contributed by atoms with Crippen molar-refractivity contribution >= 4 is 0 Å². The minimum absolute atomic E-state index is 0.700. The van der Waals surface area contributed by atoms with Crippen molar-refractivity contribution in [3.63, 3.8) is 0 Å². The van der Waals surface area contributed by atoms with Gasteiger partial charge in [0.1, 0.15) is 0 Å². The van der Waals surface area contributed by atoms with Crippen molar-refractivity contribution in [3.8, 4) is 0 Å². The van der Waals surface area contributed by atoms with Crippen molar-refractivity contribution < 1.29 is 9.47 Å². The predicted octanol–water partition coefficient (Wildman–Crippen LogP) is 5.12. The van der Waals surface area contributed by atoms with Gasteiger partial charge in [-0.25, -0.2) is 0 Å². The highest BCUT2D eigenvalue weighted by Gasteiger charge is 1.93. The Labute approximate surface area is 114 Å². The Hall–Kier alpha value is -0.0800. The molecule has 2 heteroatoms. The van der Waals surface area contributed by atoms with E-state index < -0.39 is 0 Å². The van der Waals surface area contributed by atoms with Gasteiger partial charge in [-0.1, -0.05) is 64.7 Å². The van der Waals surface area contributed by atoms with Crippen molar-refractivity contribution in [3.05, 3.63) is 6.61 Å². The summed E-state index contributed by atoms with van der Waals surface area (Å²) in [4.78, 5) is 0. The first-order valence-corrected chi connectivity index (χ1v) is 7.92. The van der Waals surface area contributed by atoms with Crippen LogP contribution in [0.25, 0.3) is 0 Å². The van der Waals surface area contributed by atoms with Gasteiger partial charge in [0, 0.05) is 6.61 Å². The van der Waals surface area contributed by atoms with Crippen LogP contribution in [0.2, 0.25) is 0 Å². The maximum absolute atomic E-state index is 5.36. The summed E-state index contributed by atoms with van der Waals surface area (Å²) in [6.07, 6.45) is 13.5. The SMILES string of the molecule is CCCCCCCCCCC[CH]OCCOCC. The van der Waals surface area contributed by atoms with E-state index in [2.05, 4.69) is 6.92 Å². The Bertz CT molecular complexity index is 121. The minimum Gasteiger partial charge on any atom is -0.379 e. The van der Waals surface area contributed by atoms with Gasteiger partial charge in [-0.15, -0.1) is 0 Å². The van der Waals surface area contributed by atoms with Crippen molar-refractivity contribution in [2.24, 2.45) is 0 Å². The molecule has 0 aliphatic heterocycles. The Morgan fingerprint density at radius 3 is 1.94 bits per heavy atom. The lowest BCUT2D eigenvalue weighted by Gasteiger charge is -2.04. The van der Waals surface area contributed by atoms with Gasteiger partial charge in [0.2, 0.25) is 0 Å². The molecule has 0 aliphatic rings. The topological polar surface area (TPSA) is 18.5 Å². The fraction of sp³-hybridized carbons (Fsp3) is 0.938. The fourth-order valence-corrected chi connectivity index (χ4v) is 1.96.